The van der Waals surface area contributed by atoms with Gasteiger partial charge in [0.1, 0.15) is 0 Å². The number of alkyl halides is 2. The summed E-state index contributed by atoms with van der Waals surface area (Å²) in [6.07, 6.45) is -1.57. The van der Waals surface area contributed by atoms with Gasteiger partial charge in [-0.25, -0.2) is 8.78 Å². The number of nitrogens with one attached hydrogen (secondary N) is 1. The molecule has 0 saturated carbocycles. The van der Waals surface area contributed by atoms with Crippen LogP contribution in [0.4, 0.5) is 8.78 Å². The van der Waals surface area contributed by atoms with Crippen molar-refractivity contribution in [3.05, 3.63) is 35.9 Å². The molecule has 5 heteroatoms. The molecule has 0 spiro atoms. The summed E-state index contributed by atoms with van der Waals surface area (Å²) in [5.74, 6) is 0.121. The quantitative estimate of drug-likeness (QED) is 0.875. The third-order valence-electron chi connectivity index (χ3n) is 3.66. The summed E-state index contributed by atoms with van der Waals surface area (Å²) in [7, 11) is 0. The zero-order valence-electron chi connectivity index (χ0n) is 12.4. The van der Waals surface area contributed by atoms with Gasteiger partial charge in [0.05, 0.1) is 18.8 Å². The third-order valence-corrected chi connectivity index (χ3v) is 3.66. The highest BCUT2D eigenvalue weighted by atomic mass is 19.3. The van der Waals surface area contributed by atoms with E-state index in [9.17, 15) is 13.6 Å². The lowest BCUT2D eigenvalue weighted by molar-refractivity contribution is -0.132. The summed E-state index contributed by atoms with van der Waals surface area (Å²) in [5, 5.41) is 3.22. The number of hydrogen-bond donors (Lipinski definition) is 1. The van der Waals surface area contributed by atoms with Gasteiger partial charge in [0.2, 0.25) is 5.91 Å². The Bertz CT molecular complexity index is 465. The predicted octanol–water partition coefficient (Wildman–Crippen LogP) is 2.67. The highest BCUT2D eigenvalue weighted by Gasteiger charge is 2.39. The van der Waals surface area contributed by atoms with Crippen LogP contribution in [0.5, 0.6) is 0 Å². The van der Waals surface area contributed by atoms with Crippen LogP contribution in [0.1, 0.15) is 25.8 Å². The molecule has 1 aliphatic heterocycles. The molecule has 1 N–H and O–H groups in total. The molecular formula is C16H22F2N2O. The summed E-state index contributed by atoms with van der Waals surface area (Å²) in [6.45, 7) is 3.56. The zero-order valence-corrected chi connectivity index (χ0v) is 12.4. The van der Waals surface area contributed by atoms with E-state index in [4.69, 9.17) is 0 Å². The normalized spacial score (nSPS) is 22.6. The standard InChI is InChI=1S/C16H22F2N2O/c1-11(2)8-15-19-13(9-12-6-4-3-5-7-12)16(21)20(15)10-14(17)18/h3-7,11,13-15,19H,8-10H2,1-2H3. The van der Waals surface area contributed by atoms with Gasteiger partial charge in [-0.15, -0.1) is 0 Å². The van der Waals surface area contributed by atoms with Crippen LogP contribution >= 0.6 is 0 Å². The van der Waals surface area contributed by atoms with Gasteiger partial charge in [0, 0.05) is 0 Å². The average molecular weight is 296 g/mol. The zero-order chi connectivity index (χ0) is 15.4. The Morgan fingerprint density at radius 1 is 1.24 bits per heavy atom. The van der Waals surface area contributed by atoms with E-state index in [0.717, 1.165) is 5.56 Å². The molecule has 1 saturated heterocycles. The SMILES string of the molecule is CC(C)CC1NC(Cc2ccccc2)C(=O)N1CC(F)F. The van der Waals surface area contributed by atoms with E-state index in [-0.39, 0.29) is 12.1 Å². The fraction of sp³-hybridized carbons (Fsp3) is 0.562. The number of benzene rings is 1. The van der Waals surface area contributed by atoms with Crippen molar-refractivity contribution in [1.82, 2.24) is 10.2 Å². The maximum absolute atomic E-state index is 12.7. The van der Waals surface area contributed by atoms with Crippen LogP contribution in [0.15, 0.2) is 30.3 Å². The average Bonchev–Trinajstić information content (AvgIpc) is 2.67. The van der Waals surface area contributed by atoms with Crippen LogP contribution in [0.25, 0.3) is 0 Å². The molecule has 1 fully saturated rings. The summed E-state index contributed by atoms with van der Waals surface area (Å²) < 4.78 is 25.4. The molecule has 3 nitrogen and oxygen atoms in total. The van der Waals surface area contributed by atoms with E-state index < -0.39 is 19.0 Å². The summed E-state index contributed by atoms with van der Waals surface area (Å²) >= 11 is 0. The van der Waals surface area contributed by atoms with Crippen molar-refractivity contribution < 1.29 is 13.6 Å². The number of amides is 1. The molecule has 1 aliphatic rings. The number of carbonyl (C=O) groups is 1. The Labute approximate surface area is 124 Å². The van der Waals surface area contributed by atoms with E-state index in [1.165, 1.54) is 4.90 Å². The van der Waals surface area contributed by atoms with Gasteiger partial charge in [0.25, 0.3) is 6.43 Å². The first-order valence-electron chi connectivity index (χ1n) is 7.36. The fourth-order valence-electron chi connectivity index (χ4n) is 2.75. The highest BCUT2D eigenvalue weighted by molar-refractivity contribution is 5.84. The highest BCUT2D eigenvalue weighted by Crippen LogP contribution is 2.21. The van der Waals surface area contributed by atoms with E-state index in [2.05, 4.69) is 5.32 Å². The van der Waals surface area contributed by atoms with Crippen LogP contribution in [0, 0.1) is 5.92 Å². The first-order chi connectivity index (χ1) is 9.97. The lowest BCUT2D eigenvalue weighted by Crippen LogP contribution is -2.41. The minimum absolute atomic E-state index is 0.218. The van der Waals surface area contributed by atoms with Crippen molar-refractivity contribution >= 4 is 5.91 Å². The Morgan fingerprint density at radius 3 is 2.48 bits per heavy atom. The molecule has 21 heavy (non-hydrogen) atoms. The van der Waals surface area contributed by atoms with Crippen molar-refractivity contribution in [3.63, 3.8) is 0 Å². The predicted molar refractivity (Wildman–Crippen MR) is 78.0 cm³/mol. The Kier molecular flexibility index (Phi) is 5.28. The molecule has 1 amide bonds. The Morgan fingerprint density at radius 2 is 1.90 bits per heavy atom. The molecule has 1 aromatic rings. The number of hydrogen-bond acceptors (Lipinski definition) is 2. The molecule has 2 rings (SSSR count). The monoisotopic (exact) mass is 296 g/mol. The van der Waals surface area contributed by atoms with Gasteiger partial charge in [0.15, 0.2) is 0 Å². The lowest BCUT2D eigenvalue weighted by Gasteiger charge is -2.25. The Hall–Kier alpha value is -1.49. The van der Waals surface area contributed by atoms with Gasteiger partial charge in [-0.3, -0.25) is 10.1 Å². The number of rotatable bonds is 6. The summed E-state index contributed by atoms with van der Waals surface area (Å²) in [5.41, 5.74) is 1.03. The van der Waals surface area contributed by atoms with Crippen LogP contribution < -0.4 is 5.32 Å². The van der Waals surface area contributed by atoms with Crippen molar-refractivity contribution in [2.75, 3.05) is 6.54 Å². The number of halogens is 2. The second kappa shape index (κ2) is 6.98. The molecule has 2 atom stereocenters. The van der Waals surface area contributed by atoms with Crippen LogP contribution in [-0.2, 0) is 11.2 Å². The van der Waals surface area contributed by atoms with Gasteiger partial charge in [-0.2, -0.15) is 0 Å². The molecule has 0 aromatic heterocycles. The minimum atomic E-state index is -2.50. The van der Waals surface area contributed by atoms with Crippen LogP contribution in [0.2, 0.25) is 0 Å². The summed E-state index contributed by atoms with van der Waals surface area (Å²) in [6, 6.07) is 9.23. The molecule has 116 valence electrons. The summed E-state index contributed by atoms with van der Waals surface area (Å²) in [4.78, 5) is 13.7. The first kappa shape index (κ1) is 15.9. The maximum Gasteiger partial charge on any atom is 0.255 e. The van der Waals surface area contributed by atoms with E-state index >= 15 is 0 Å². The van der Waals surface area contributed by atoms with Gasteiger partial charge in [-0.05, 0) is 24.3 Å². The van der Waals surface area contributed by atoms with E-state index in [0.29, 0.717) is 18.8 Å². The van der Waals surface area contributed by atoms with Gasteiger partial charge >= 0.3 is 0 Å². The Balaban J connectivity index is 2.08. The molecule has 2 unspecified atom stereocenters. The first-order valence-corrected chi connectivity index (χ1v) is 7.36. The molecule has 0 bridgehead atoms. The molecule has 0 radical (unpaired) electrons. The second-order valence-electron chi connectivity index (χ2n) is 5.94. The van der Waals surface area contributed by atoms with Gasteiger partial charge in [-0.1, -0.05) is 44.2 Å². The largest absolute Gasteiger partial charge is 0.320 e. The smallest absolute Gasteiger partial charge is 0.255 e. The lowest BCUT2D eigenvalue weighted by atomic mass is 10.1. The minimum Gasteiger partial charge on any atom is -0.320 e. The van der Waals surface area contributed by atoms with Crippen LogP contribution in [-0.4, -0.2) is 36.0 Å². The van der Waals surface area contributed by atoms with Crippen molar-refractivity contribution in [2.24, 2.45) is 5.92 Å². The molecule has 1 aromatic carbocycles. The van der Waals surface area contributed by atoms with E-state index in [1.807, 2.05) is 44.2 Å². The third kappa shape index (κ3) is 4.24. The van der Waals surface area contributed by atoms with Crippen molar-refractivity contribution in [2.45, 2.75) is 45.3 Å². The molecule has 1 heterocycles. The maximum atomic E-state index is 12.7. The molecular weight excluding hydrogens is 274 g/mol. The second-order valence-corrected chi connectivity index (χ2v) is 5.94. The number of carbonyl (C=O) groups excluding carboxylic acids is 1. The topological polar surface area (TPSA) is 32.3 Å². The van der Waals surface area contributed by atoms with Crippen molar-refractivity contribution in [3.8, 4) is 0 Å². The van der Waals surface area contributed by atoms with Crippen LogP contribution in [0.3, 0.4) is 0 Å². The fourth-order valence-corrected chi connectivity index (χ4v) is 2.75. The van der Waals surface area contributed by atoms with E-state index in [1.54, 1.807) is 0 Å². The molecule has 0 aliphatic carbocycles. The van der Waals surface area contributed by atoms with Gasteiger partial charge < -0.3 is 4.90 Å². The van der Waals surface area contributed by atoms with Crippen molar-refractivity contribution in [1.29, 1.82) is 0 Å². The number of nitrogens with zero attached hydrogens (tertiary/aromatic N) is 1.